The van der Waals surface area contributed by atoms with Crippen molar-refractivity contribution >= 4 is 17.6 Å². The molecule has 2 aromatic carbocycles. The standard InChI is InChI=1S/C19H20N2O6/c1-13-6-8-17(9-7-13)26-10-11-27-19(23)14(2)20-18(22)15-4-3-5-16(12-15)21(24)25/h3-9,12,14H,10-11H2,1-2H3,(H,20,22)/t14-/m0/s1. The van der Waals surface area contributed by atoms with Crippen molar-refractivity contribution < 1.29 is 24.0 Å². The van der Waals surface area contributed by atoms with Crippen molar-refractivity contribution in [2.45, 2.75) is 19.9 Å². The normalized spacial score (nSPS) is 11.3. The first-order valence-corrected chi connectivity index (χ1v) is 8.28. The molecule has 0 heterocycles. The number of non-ortho nitro benzene ring substituents is 1. The van der Waals surface area contributed by atoms with Crippen LogP contribution in [-0.4, -0.2) is 36.1 Å². The van der Waals surface area contributed by atoms with Crippen LogP contribution >= 0.6 is 0 Å². The first-order valence-electron chi connectivity index (χ1n) is 8.28. The Morgan fingerprint density at radius 3 is 2.52 bits per heavy atom. The third-order valence-electron chi connectivity index (χ3n) is 3.64. The highest BCUT2D eigenvalue weighted by Crippen LogP contribution is 2.13. The van der Waals surface area contributed by atoms with E-state index in [1.807, 2.05) is 31.2 Å². The van der Waals surface area contributed by atoms with Gasteiger partial charge in [-0.3, -0.25) is 14.9 Å². The average molecular weight is 372 g/mol. The van der Waals surface area contributed by atoms with Crippen molar-refractivity contribution in [3.05, 3.63) is 69.8 Å². The Hall–Kier alpha value is -3.42. The highest BCUT2D eigenvalue weighted by molar-refractivity contribution is 5.97. The van der Waals surface area contributed by atoms with Gasteiger partial charge in [0.05, 0.1) is 4.92 Å². The summed E-state index contributed by atoms with van der Waals surface area (Å²) in [6, 6.07) is 11.8. The SMILES string of the molecule is Cc1ccc(OCCOC(=O)[C@H](C)NC(=O)c2cccc([N+](=O)[O-])c2)cc1. The maximum Gasteiger partial charge on any atom is 0.328 e. The van der Waals surface area contributed by atoms with E-state index in [1.54, 1.807) is 0 Å². The van der Waals surface area contributed by atoms with Gasteiger partial charge in [0.1, 0.15) is 25.0 Å². The van der Waals surface area contributed by atoms with Crippen LogP contribution in [0.3, 0.4) is 0 Å². The lowest BCUT2D eigenvalue weighted by molar-refractivity contribution is -0.384. The van der Waals surface area contributed by atoms with Crippen molar-refractivity contribution in [2.75, 3.05) is 13.2 Å². The molecular formula is C19H20N2O6. The molecule has 0 unspecified atom stereocenters. The molecule has 2 aromatic rings. The summed E-state index contributed by atoms with van der Waals surface area (Å²) in [4.78, 5) is 34.2. The summed E-state index contributed by atoms with van der Waals surface area (Å²) in [5.41, 5.74) is 1.000. The number of nitro groups is 1. The second-order valence-electron chi connectivity index (χ2n) is 5.83. The highest BCUT2D eigenvalue weighted by Gasteiger charge is 2.19. The number of amides is 1. The summed E-state index contributed by atoms with van der Waals surface area (Å²) < 4.78 is 10.5. The summed E-state index contributed by atoms with van der Waals surface area (Å²) >= 11 is 0. The van der Waals surface area contributed by atoms with Gasteiger partial charge >= 0.3 is 5.97 Å². The fourth-order valence-corrected chi connectivity index (χ4v) is 2.16. The van der Waals surface area contributed by atoms with E-state index in [0.29, 0.717) is 5.75 Å². The Balaban J connectivity index is 1.77. The van der Waals surface area contributed by atoms with Gasteiger partial charge in [0.25, 0.3) is 11.6 Å². The fraction of sp³-hybridized carbons (Fsp3) is 0.263. The molecule has 1 N–H and O–H groups in total. The van der Waals surface area contributed by atoms with Gasteiger partial charge in [-0.05, 0) is 32.0 Å². The van der Waals surface area contributed by atoms with E-state index in [2.05, 4.69) is 5.32 Å². The van der Waals surface area contributed by atoms with E-state index in [0.717, 1.165) is 11.6 Å². The van der Waals surface area contributed by atoms with E-state index < -0.39 is 22.8 Å². The van der Waals surface area contributed by atoms with Crippen LogP contribution in [-0.2, 0) is 9.53 Å². The van der Waals surface area contributed by atoms with E-state index in [4.69, 9.17) is 9.47 Å². The summed E-state index contributed by atoms with van der Waals surface area (Å²) in [5, 5.41) is 13.2. The number of benzene rings is 2. The predicted octanol–water partition coefficient (Wildman–Crippen LogP) is 2.64. The van der Waals surface area contributed by atoms with Crippen LogP contribution in [0.2, 0.25) is 0 Å². The Morgan fingerprint density at radius 1 is 1.15 bits per heavy atom. The number of aryl methyl sites for hydroxylation is 1. The van der Waals surface area contributed by atoms with Crippen LogP contribution in [0.15, 0.2) is 48.5 Å². The van der Waals surface area contributed by atoms with Gasteiger partial charge in [0.15, 0.2) is 0 Å². The topological polar surface area (TPSA) is 108 Å². The minimum Gasteiger partial charge on any atom is -0.490 e. The number of nitrogens with one attached hydrogen (secondary N) is 1. The Labute approximate surface area is 156 Å². The lowest BCUT2D eigenvalue weighted by Crippen LogP contribution is -2.40. The minimum absolute atomic E-state index is 0.0315. The van der Waals surface area contributed by atoms with Crippen molar-refractivity contribution in [1.29, 1.82) is 0 Å². The third kappa shape index (κ3) is 6.10. The van der Waals surface area contributed by atoms with Crippen molar-refractivity contribution in [1.82, 2.24) is 5.32 Å². The zero-order chi connectivity index (χ0) is 19.8. The molecule has 2 rings (SSSR count). The zero-order valence-electron chi connectivity index (χ0n) is 15.0. The number of rotatable bonds is 8. The molecule has 1 amide bonds. The minimum atomic E-state index is -0.906. The van der Waals surface area contributed by atoms with E-state index >= 15 is 0 Å². The highest BCUT2D eigenvalue weighted by atomic mass is 16.6. The molecule has 0 spiro atoms. The largest absolute Gasteiger partial charge is 0.490 e. The molecule has 0 aliphatic rings. The first-order chi connectivity index (χ1) is 12.9. The molecule has 0 bridgehead atoms. The summed E-state index contributed by atoms with van der Waals surface area (Å²) in [7, 11) is 0. The van der Waals surface area contributed by atoms with Crippen LogP contribution < -0.4 is 10.1 Å². The maximum absolute atomic E-state index is 12.1. The van der Waals surface area contributed by atoms with E-state index in [9.17, 15) is 19.7 Å². The molecule has 8 heteroatoms. The third-order valence-corrected chi connectivity index (χ3v) is 3.64. The molecule has 0 aliphatic heterocycles. The number of esters is 1. The number of carbonyl (C=O) groups is 2. The molecule has 0 saturated carbocycles. The molecule has 0 fully saturated rings. The number of nitro benzene ring substituents is 1. The molecule has 0 radical (unpaired) electrons. The molecular weight excluding hydrogens is 352 g/mol. The van der Waals surface area contributed by atoms with Gasteiger partial charge in [-0.1, -0.05) is 23.8 Å². The van der Waals surface area contributed by atoms with Crippen LogP contribution in [0.4, 0.5) is 5.69 Å². The molecule has 27 heavy (non-hydrogen) atoms. The molecule has 142 valence electrons. The molecule has 0 saturated heterocycles. The van der Waals surface area contributed by atoms with E-state index in [1.165, 1.54) is 25.1 Å². The molecule has 0 aromatic heterocycles. The number of hydrogen-bond acceptors (Lipinski definition) is 6. The lowest BCUT2D eigenvalue weighted by atomic mass is 10.2. The quantitative estimate of drug-likeness (QED) is 0.330. The van der Waals surface area contributed by atoms with Crippen LogP contribution in [0, 0.1) is 17.0 Å². The summed E-state index contributed by atoms with van der Waals surface area (Å²) in [5.74, 6) is -0.552. The summed E-state index contributed by atoms with van der Waals surface area (Å²) in [6.45, 7) is 3.65. The Bertz CT molecular complexity index is 819. The fourth-order valence-electron chi connectivity index (χ4n) is 2.16. The Kier molecular flexibility index (Phi) is 6.87. The average Bonchev–Trinajstić information content (AvgIpc) is 2.66. The number of ether oxygens (including phenoxy) is 2. The molecule has 1 atom stereocenters. The van der Waals surface area contributed by atoms with Crippen molar-refractivity contribution in [3.63, 3.8) is 0 Å². The smallest absolute Gasteiger partial charge is 0.328 e. The monoisotopic (exact) mass is 372 g/mol. The second kappa shape index (κ2) is 9.33. The van der Waals surface area contributed by atoms with Crippen molar-refractivity contribution in [2.24, 2.45) is 0 Å². The number of hydrogen-bond donors (Lipinski definition) is 1. The molecule has 8 nitrogen and oxygen atoms in total. The number of carbonyl (C=O) groups excluding carboxylic acids is 2. The van der Waals surface area contributed by atoms with Crippen LogP contribution in [0.25, 0.3) is 0 Å². The first kappa shape index (κ1) is 19.9. The maximum atomic E-state index is 12.1. The van der Waals surface area contributed by atoms with Gasteiger partial charge in [0.2, 0.25) is 0 Å². The van der Waals surface area contributed by atoms with Crippen LogP contribution in [0.1, 0.15) is 22.8 Å². The van der Waals surface area contributed by atoms with Crippen LogP contribution in [0.5, 0.6) is 5.75 Å². The predicted molar refractivity (Wildman–Crippen MR) is 97.7 cm³/mol. The number of nitrogens with zero attached hydrogens (tertiary/aromatic N) is 1. The van der Waals surface area contributed by atoms with Gasteiger partial charge < -0.3 is 14.8 Å². The van der Waals surface area contributed by atoms with Gasteiger partial charge in [0, 0.05) is 17.7 Å². The second-order valence-corrected chi connectivity index (χ2v) is 5.83. The zero-order valence-corrected chi connectivity index (χ0v) is 15.0. The molecule has 0 aliphatic carbocycles. The van der Waals surface area contributed by atoms with Gasteiger partial charge in [-0.25, -0.2) is 4.79 Å². The van der Waals surface area contributed by atoms with Crippen molar-refractivity contribution in [3.8, 4) is 5.75 Å². The lowest BCUT2D eigenvalue weighted by Gasteiger charge is -2.14. The summed E-state index contributed by atoms with van der Waals surface area (Å²) in [6.07, 6.45) is 0. The van der Waals surface area contributed by atoms with E-state index in [-0.39, 0.29) is 24.5 Å². The van der Waals surface area contributed by atoms with Gasteiger partial charge in [-0.15, -0.1) is 0 Å². The van der Waals surface area contributed by atoms with Gasteiger partial charge in [-0.2, -0.15) is 0 Å². The Morgan fingerprint density at radius 2 is 1.85 bits per heavy atom.